The van der Waals surface area contributed by atoms with E-state index in [1.54, 1.807) is 25.1 Å². The number of hydrogen-bond donors (Lipinski definition) is 3. The highest BCUT2D eigenvalue weighted by molar-refractivity contribution is 6.32. The van der Waals surface area contributed by atoms with Crippen molar-refractivity contribution in [2.45, 2.75) is 6.92 Å². The molecule has 0 spiro atoms. The minimum atomic E-state index is -1.15. The van der Waals surface area contributed by atoms with Gasteiger partial charge in [0.05, 0.1) is 11.3 Å². The minimum Gasteiger partial charge on any atom is -0.506 e. The molecule has 0 aliphatic carbocycles. The van der Waals surface area contributed by atoms with Crippen LogP contribution >= 0.6 is 11.6 Å². The summed E-state index contributed by atoms with van der Waals surface area (Å²) in [6.45, 7) is 1.70. The number of carboxylic acids is 1. The summed E-state index contributed by atoms with van der Waals surface area (Å²) < 4.78 is 0. The molecule has 0 aliphatic rings. The molecule has 2 rings (SSSR count). The van der Waals surface area contributed by atoms with E-state index >= 15 is 0 Å². The van der Waals surface area contributed by atoms with E-state index in [0.717, 1.165) is 0 Å². The van der Waals surface area contributed by atoms with Crippen molar-refractivity contribution in [1.82, 2.24) is 0 Å². The van der Waals surface area contributed by atoms with Crippen LogP contribution in [-0.4, -0.2) is 22.1 Å². The van der Waals surface area contributed by atoms with Crippen molar-refractivity contribution in [2.75, 3.05) is 5.32 Å². The van der Waals surface area contributed by atoms with Crippen LogP contribution in [0.5, 0.6) is 5.75 Å². The molecule has 0 saturated carbocycles. The molecule has 0 fully saturated rings. The van der Waals surface area contributed by atoms with Crippen molar-refractivity contribution in [1.29, 1.82) is 0 Å². The Morgan fingerprint density at radius 1 is 1.19 bits per heavy atom. The highest BCUT2D eigenvalue weighted by Gasteiger charge is 2.14. The zero-order valence-corrected chi connectivity index (χ0v) is 11.8. The van der Waals surface area contributed by atoms with Gasteiger partial charge >= 0.3 is 5.97 Å². The Bertz CT molecular complexity index is 728. The lowest BCUT2D eigenvalue weighted by Crippen LogP contribution is -2.14. The second-order valence-corrected chi connectivity index (χ2v) is 4.81. The van der Waals surface area contributed by atoms with Crippen molar-refractivity contribution >= 4 is 29.2 Å². The van der Waals surface area contributed by atoms with Gasteiger partial charge in [-0.15, -0.1) is 0 Å². The number of nitrogens with one attached hydrogen (secondary N) is 1. The van der Waals surface area contributed by atoms with Gasteiger partial charge < -0.3 is 15.5 Å². The van der Waals surface area contributed by atoms with E-state index in [1.165, 1.54) is 18.2 Å². The van der Waals surface area contributed by atoms with Crippen LogP contribution < -0.4 is 5.32 Å². The summed E-state index contributed by atoms with van der Waals surface area (Å²) in [6.07, 6.45) is 0. The number of hydrogen-bond acceptors (Lipinski definition) is 3. The van der Waals surface area contributed by atoms with Gasteiger partial charge in [0.15, 0.2) is 0 Å². The first-order valence-electron chi connectivity index (χ1n) is 6.03. The Hall–Kier alpha value is -2.53. The number of phenolic OH excluding ortho intramolecular Hbond substituents is 1. The number of phenols is 1. The van der Waals surface area contributed by atoms with Crippen molar-refractivity contribution in [3.8, 4) is 5.75 Å². The van der Waals surface area contributed by atoms with Gasteiger partial charge in [-0.2, -0.15) is 0 Å². The van der Waals surface area contributed by atoms with Crippen LogP contribution in [0.4, 0.5) is 5.69 Å². The third-order valence-electron chi connectivity index (χ3n) is 3.00. The Morgan fingerprint density at radius 3 is 2.57 bits per heavy atom. The van der Waals surface area contributed by atoms with E-state index in [2.05, 4.69) is 5.32 Å². The molecular formula is C15H12ClNO4. The zero-order chi connectivity index (χ0) is 15.6. The fourth-order valence-electron chi connectivity index (χ4n) is 1.81. The van der Waals surface area contributed by atoms with Gasteiger partial charge in [0, 0.05) is 10.6 Å². The molecule has 5 nitrogen and oxygen atoms in total. The van der Waals surface area contributed by atoms with Crippen molar-refractivity contribution < 1.29 is 19.8 Å². The average Bonchev–Trinajstić information content (AvgIpc) is 2.43. The lowest BCUT2D eigenvalue weighted by Gasteiger charge is -2.10. The second-order valence-electron chi connectivity index (χ2n) is 4.40. The number of carbonyl (C=O) groups is 2. The number of rotatable bonds is 3. The molecule has 108 valence electrons. The fraction of sp³-hybridized carbons (Fsp3) is 0.0667. The average molecular weight is 306 g/mol. The van der Waals surface area contributed by atoms with Crippen LogP contribution in [0.2, 0.25) is 5.02 Å². The minimum absolute atomic E-state index is 0.0271. The molecule has 3 N–H and O–H groups in total. The highest BCUT2D eigenvalue weighted by Crippen LogP contribution is 2.26. The van der Waals surface area contributed by atoms with Crippen LogP contribution in [0.1, 0.15) is 26.3 Å². The summed E-state index contributed by atoms with van der Waals surface area (Å²) >= 11 is 5.95. The van der Waals surface area contributed by atoms with E-state index < -0.39 is 11.9 Å². The summed E-state index contributed by atoms with van der Waals surface area (Å²) in [5.74, 6) is -1.84. The van der Waals surface area contributed by atoms with Gasteiger partial charge in [-0.3, -0.25) is 4.79 Å². The number of carboxylic acid groups (broad SMARTS) is 1. The second kappa shape index (κ2) is 5.85. The molecule has 0 bridgehead atoms. The Kier molecular flexibility index (Phi) is 4.14. The third kappa shape index (κ3) is 3.14. The van der Waals surface area contributed by atoms with E-state index in [1.807, 2.05) is 0 Å². The fourth-order valence-corrected chi connectivity index (χ4v) is 1.99. The first-order chi connectivity index (χ1) is 9.90. The number of amides is 1. The van der Waals surface area contributed by atoms with Crippen LogP contribution in [0, 0.1) is 6.92 Å². The topological polar surface area (TPSA) is 86.6 Å². The zero-order valence-electron chi connectivity index (χ0n) is 11.1. The molecule has 0 aliphatic heterocycles. The number of aromatic hydroxyl groups is 1. The Morgan fingerprint density at radius 2 is 1.90 bits per heavy atom. The highest BCUT2D eigenvalue weighted by atomic mass is 35.5. The summed E-state index contributed by atoms with van der Waals surface area (Å²) in [4.78, 5) is 23.1. The first kappa shape index (κ1) is 14.9. The maximum atomic E-state index is 12.2. The summed E-state index contributed by atoms with van der Waals surface area (Å²) in [6, 6.07) is 8.54. The normalized spacial score (nSPS) is 10.2. The van der Waals surface area contributed by atoms with Crippen LogP contribution in [-0.2, 0) is 0 Å². The molecular weight excluding hydrogens is 294 g/mol. The van der Waals surface area contributed by atoms with Gasteiger partial charge in [0.1, 0.15) is 5.75 Å². The lowest BCUT2D eigenvalue weighted by molar-refractivity contribution is 0.0696. The van der Waals surface area contributed by atoms with Crippen LogP contribution in [0.25, 0.3) is 0 Å². The monoisotopic (exact) mass is 305 g/mol. The molecule has 0 atom stereocenters. The SMILES string of the molecule is Cc1c(Cl)cccc1C(=O)Nc1cc(C(=O)O)ccc1O. The van der Waals surface area contributed by atoms with Gasteiger partial charge in [0.25, 0.3) is 5.91 Å². The number of halogens is 1. The predicted molar refractivity (Wildman–Crippen MR) is 79.2 cm³/mol. The molecule has 6 heteroatoms. The standard InChI is InChI=1S/C15H12ClNO4/c1-8-10(3-2-4-11(8)16)14(19)17-12-7-9(15(20)21)5-6-13(12)18/h2-7,18H,1H3,(H,17,19)(H,20,21). The lowest BCUT2D eigenvalue weighted by atomic mass is 10.1. The quantitative estimate of drug-likeness (QED) is 0.759. The molecule has 0 saturated heterocycles. The summed E-state index contributed by atoms with van der Waals surface area (Å²) in [5.41, 5.74) is 0.943. The van der Waals surface area contributed by atoms with E-state index in [-0.39, 0.29) is 17.0 Å². The molecule has 0 radical (unpaired) electrons. The van der Waals surface area contributed by atoms with Crippen LogP contribution in [0.3, 0.4) is 0 Å². The number of benzene rings is 2. The predicted octanol–water partition coefficient (Wildman–Crippen LogP) is 3.30. The molecule has 21 heavy (non-hydrogen) atoms. The first-order valence-corrected chi connectivity index (χ1v) is 6.40. The van der Waals surface area contributed by atoms with Gasteiger partial charge in [0.2, 0.25) is 0 Å². The maximum Gasteiger partial charge on any atom is 0.335 e. The van der Waals surface area contributed by atoms with Crippen molar-refractivity contribution in [2.24, 2.45) is 0 Å². The number of carbonyl (C=O) groups excluding carboxylic acids is 1. The van der Waals surface area contributed by atoms with Crippen molar-refractivity contribution in [3.05, 3.63) is 58.1 Å². The van der Waals surface area contributed by atoms with Gasteiger partial charge in [-0.05, 0) is 42.8 Å². The van der Waals surface area contributed by atoms with Gasteiger partial charge in [-0.25, -0.2) is 4.79 Å². The van der Waals surface area contributed by atoms with E-state index in [9.17, 15) is 14.7 Å². The molecule has 2 aromatic rings. The molecule has 0 aromatic heterocycles. The largest absolute Gasteiger partial charge is 0.506 e. The van der Waals surface area contributed by atoms with Crippen molar-refractivity contribution in [3.63, 3.8) is 0 Å². The summed E-state index contributed by atoms with van der Waals surface area (Å²) in [5, 5.41) is 21.6. The number of aromatic carboxylic acids is 1. The third-order valence-corrected chi connectivity index (χ3v) is 3.41. The molecule has 1 amide bonds. The van der Waals surface area contributed by atoms with Crippen LogP contribution in [0.15, 0.2) is 36.4 Å². The van der Waals surface area contributed by atoms with E-state index in [4.69, 9.17) is 16.7 Å². The smallest absolute Gasteiger partial charge is 0.335 e. The Balaban J connectivity index is 2.33. The van der Waals surface area contributed by atoms with E-state index in [0.29, 0.717) is 16.1 Å². The molecule has 0 heterocycles. The number of anilines is 1. The molecule has 2 aromatic carbocycles. The Labute approximate surface area is 125 Å². The maximum absolute atomic E-state index is 12.2. The summed E-state index contributed by atoms with van der Waals surface area (Å²) in [7, 11) is 0. The molecule has 0 unspecified atom stereocenters. The van der Waals surface area contributed by atoms with Gasteiger partial charge in [-0.1, -0.05) is 17.7 Å².